The standard InChI is InChI=1S/C21H26N4O3.HI/c1-15(26)25-17-7-5-8-18(13-17)27-11-10-23-21(22-2)24-14-19-12-16-6-3-4-9-20(16)28-19;/h3-9,13,19H,10-12,14H2,1-2H3,(H,25,26)(H2,22,23,24);1H. The van der Waals surface area contributed by atoms with Gasteiger partial charge in [0.25, 0.3) is 0 Å². The van der Waals surface area contributed by atoms with Gasteiger partial charge in [-0.1, -0.05) is 24.3 Å². The molecule has 2 aromatic carbocycles. The fourth-order valence-electron chi connectivity index (χ4n) is 3.00. The third-order valence-corrected chi connectivity index (χ3v) is 4.25. The van der Waals surface area contributed by atoms with Gasteiger partial charge in [0.15, 0.2) is 5.96 Å². The van der Waals surface area contributed by atoms with Crippen molar-refractivity contribution in [1.29, 1.82) is 0 Å². The van der Waals surface area contributed by atoms with Gasteiger partial charge >= 0.3 is 0 Å². The number of aliphatic imine (C=N–C) groups is 1. The number of nitrogens with one attached hydrogen (secondary N) is 3. The van der Waals surface area contributed by atoms with E-state index in [9.17, 15) is 4.79 Å². The predicted octanol–water partition coefficient (Wildman–Crippen LogP) is 2.81. The maximum atomic E-state index is 11.1. The molecule has 1 aliphatic rings. The molecule has 0 bridgehead atoms. The Hall–Kier alpha value is -2.49. The monoisotopic (exact) mass is 510 g/mol. The molecule has 3 N–H and O–H groups in total. The maximum Gasteiger partial charge on any atom is 0.221 e. The Bertz CT molecular complexity index is 819. The number of carbonyl (C=O) groups excluding carboxylic acids is 1. The number of benzene rings is 2. The first kappa shape index (κ1) is 22.8. The lowest BCUT2D eigenvalue weighted by atomic mass is 10.1. The SMILES string of the molecule is CN=C(NCCOc1cccc(NC(C)=O)c1)NCC1Cc2ccccc2O1.I. The number of hydrogen-bond donors (Lipinski definition) is 3. The van der Waals surface area contributed by atoms with E-state index in [1.165, 1.54) is 12.5 Å². The molecule has 1 atom stereocenters. The van der Waals surface area contributed by atoms with Crippen LogP contribution in [0.4, 0.5) is 5.69 Å². The quantitative estimate of drug-likeness (QED) is 0.231. The van der Waals surface area contributed by atoms with E-state index in [0.29, 0.717) is 37.1 Å². The molecule has 0 aromatic heterocycles. The molecule has 7 nitrogen and oxygen atoms in total. The summed E-state index contributed by atoms with van der Waals surface area (Å²) in [6, 6.07) is 15.4. The Kier molecular flexibility index (Phi) is 9.04. The molecule has 1 amide bonds. The van der Waals surface area contributed by atoms with Crippen LogP contribution < -0.4 is 25.4 Å². The van der Waals surface area contributed by atoms with Gasteiger partial charge in [-0.2, -0.15) is 0 Å². The molecular weight excluding hydrogens is 483 g/mol. The molecule has 1 unspecified atom stereocenters. The minimum Gasteiger partial charge on any atom is -0.492 e. The highest BCUT2D eigenvalue weighted by Crippen LogP contribution is 2.27. The third-order valence-electron chi connectivity index (χ3n) is 4.25. The molecule has 3 rings (SSSR count). The van der Waals surface area contributed by atoms with E-state index >= 15 is 0 Å². The van der Waals surface area contributed by atoms with Crippen LogP contribution in [-0.4, -0.2) is 44.7 Å². The second-order valence-electron chi connectivity index (χ2n) is 6.49. The summed E-state index contributed by atoms with van der Waals surface area (Å²) in [5, 5.41) is 9.24. The summed E-state index contributed by atoms with van der Waals surface area (Å²) < 4.78 is 11.6. The van der Waals surface area contributed by atoms with Gasteiger partial charge in [0, 0.05) is 32.1 Å². The van der Waals surface area contributed by atoms with Crippen molar-refractivity contribution >= 4 is 41.5 Å². The number of carbonyl (C=O) groups is 1. The topological polar surface area (TPSA) is 84.0 Å². The highest BCUT2D eigenvalue weighted by atomic mass is 127. The van der Waals surface area contributed by atoms with Crippen LogP contribution in [0.3, 0.4) is 0 Å². The van der Waals surface area contributed by atoms with E-state index in [2.05, 4.69) is 27.0 Å². The van der Waals surface area contributed by atoms with E-state index in [4.69, 9.17) is 9.47 Å². The lowest BCUT2D eigenvalue weighted by Gasteiger charge is -2.16. The van der Waals surface area contributed by atoms with Crippen LogP contribution in [0.25, 0.3) is 0 Å². The Labute approximate surface area is 188 Å². The summed E-state index contributed by atoms with van der Waals surface area (Å²) in [6.45, 7) is 3.21. The summed E-state index contributed by atoms with van der Waals surface area (Å²) in [5.74, 6) is 2.26. The Balaban J connectivity index is 0.00000300. The van der Waals surface area contributed by atoms with Crippen molar-refractivity contribution in [1.82, 2.24) is 10.6 Å². The van der Waals surface area contributed by atoms with Crippen LogP contribution in [-0.2, 0) is 11.2 Å². The second-order valence-corrected chi connectivity index (χ2v) is 6.49. The van der Waals surface area contributed by atoms with Crippen molar-refractivity contribution < 1.29 is 14.3 Å². The summed E-state index contributed by atoms with van der Waals surface area (Å²) >= 11 is 0. The van der Waals surface area contributed by atoms with Gasteiger partial charge in [-0.05, 0) is 23.8 Å². The zero-order valence-electron chi connectivity index (χ0n) is 16.6. The molecule has 1 heterocycles. The van der Waals surface area contributed by atoms with Gasteiger partial charge in [0.2, 0.25) is 5.91 Å². The van der Waals surface area contributed by atoms with Crippen LogP contribution in [0.15, 0.2) is 53.5 Å². The zero-order valence-corrected chi connectivity index (χ0v) is 18.9. The molecule has 0 spiro atoms. The summed E-state index contributed by atoms with van der Waals surface area (Å²) in [7, 11) is 1.73. The zero-order chi connectivity index (χ0) is 19.8. The number of fused-ring (bicyclic) bond motifs is 1. The molecule has 1 aliphatic heterocycles. The van der Waals surface area contributed by atoms with Gasteiger partial charge < -0.3 is 25.4 Å². The average molecular weight is 510 g/mol. The molecule has 0 aliphatic carbocycles. The lowest BCUT2D eigenvalue weighted by Crippen LogP contribution is -2.43. The van der Waals surface area contributed by atoms with Crippen molar-refractivity contribution in [3.8, 4) is 11.5 Å². The number of para-hydroxylation sites is 1. The van der Waals surface area contributed by atoms with Crippen molar-refractivity contribution in [2.45, 2.75) is 19.4 Å². The number of halogens is 1. The molecular formula is C21H27IN4O3. The van der Waals surface area contributed by atoms with Gasteiger partial charge in [0.1, 0.15) is 24.2 Å². The number of nitrogens with zero attached hydrogens (tertiary/aromatic N) is 1. The highest BCUT2D eigenvalue weighted by molar-refractivity contribution is 14.0. The van der Waals surface area contributed by atoms with Crippen LogP contribution in [0.5, 0.6) is 11.5 Å². The van der Waals surface area contributed by atoms with Gasteiger partial charge in [-0.3, -0.25) is 9.79 Å². The number of ether oxygens (including phenoxy) is 2. The molecule has 0 saturated heterocycles. The molecule has 8 heteroatoms. The number of hydrogen-bond acceptors (Lipinski definition) is 4. The van der Waals surface area contributed by atoms with Gasteiger partial charge in [-0.25, -0.2) is 0 Å². The highest BCUT2D eigenvalue weighted by Gasteiger charge is 2.22. The Morgan fingerprint density at radius 2 is 2.03 bits per heavy atom. The molecule has 0 saturated carbocycles. The van der Waals surface area contributed by atoms with Crippen molar-refractivity contribution in [2.24, 2.45) is 4.99 Å². The van der Waals surface area contributed by atoms with Crippen LogP contribution in [0.2, 0.25) is 0 Å². The predicted molar refractivity (Wildman–Crippen MR) is 126 cm³/mol. The normalized spacial score (nSPS) is 14.8. The van der Waals surface area contributed by atoms with E-state index in [-0.39, 0.29) is 36.0 Å². The molecule has 0 fully saturated rings. The summed E-state index contributed by atoms with van der Waals surface area (Å²) in [6.07, 6.45) is 0.997. The number of amides is 1. The first-order valence-electron chi connectivity index (χ1n) is 9.33. The van der Waals surface area contributed by atoms with E-state index in [1.54, 1.807) is 13.1 Å². The Morgan fingerprint density at radius 3 is 2.79 bits per heavy atom. The number of guanidine groups is 1. The smallest absolute Gasteiger partial charge is 0.221 e. The number of rotatable bonds is 7. The first-order chi connectivity index (χ1) is 13.6. The van der Waals surface area contributed by atoms with Gasteiger partial charge in [-0.15, -0.1) is 24.0 Å². The van der Waals surface area contributed by atoms with Crippen LogP contribution in [0, 0.1) is 0 Å². The fourth-order valence-corrected chi connectivity index (χ4v) is 3.00. The van der Waals surface area contributed by atoms with Crippen LogP contribution >= 0.6 is 24.0 Å². The molecule has 2 aromatic rings. The fraction of sp³-hybridized carbons (Fsp3) is 0.333. The molecule has 156 valence electrons. The number of anilines is 1. The average Bonchev–Trinajstić information content (AvgIpc) is 3.10. The lowest BCUT2D eigenvalue weighted by molar-refractivity contribution is -0.114. The van der Waals surface area contributed by atoms with Crippen LogP contribution in [0.1, 0.15) is 12.5 Å². The maximum absolute atomic E-state index is 11.1. The third kappa shape index (κ3) is 7.12. The van der Waals surface area contributed by atoms with Gasteiger partial charge in [0.05, 0.1) is 13.1 Å². The minimum atomic E-state index is -0.108. The molecule has 0 radical (unpaired) electrons. The second kappa shape index (κ2) is 11.5. The van der Waals surface area contributed by atoms with E-state index in [0.717, 1.165) is 12.2 Å². The van der Waals surface area contributed by atoms with E-state index < -0.39 is 0 Å². The minimum absolute atomic E-state index is 0. The van der Waals surface area contributed by atoms with Crippen molar-refractivity contribution in [2.75, 3.05) is 32.1 Å². The van der Waals surface area contributed by atoms with Crippen molar-refractivity contribution in [3.05, 3.63) is 54.1 Å². The van der Waals surface area contributed by atoms with Crippen molar-refractivity contribution in [3.63, 3.8) is 0 Å². The largest absolute Gasteiger partial charge is 0.492 e. The Morgan fingerprint density at radius 1 is 1.21 bits per heavy atom. The van der Waals surface area contributed by atoms with E-state index in [1.807, 2.05) is 36.4 Å². The molecule has 29 heavy (non-hydrogen) atoms. The summed E-state index contributed by atoms with van der Waals surface area (Å²) in [5.41, 5.74) is 1.96. The first-order valence-corrected chi connectivity index (χ1v) is 9.33. The summed E-state index contributed by atoms with van der Waals surface area (Å²) in [4.78, 5) is 15.3.